The summed E-state index contributed by atoms with van der Waals surface area (Å²) in [7, 11) is 0. The number of allylic oxidation sites excluding steroid dienone is 15. The van der Waals surface area contributed by atoms with Gasteiger partial charge in [-0.1, -0.05) is 291 Å². The van der Waals surface area contributed by atoms with Crippen LogP contribution in [0, 0.1) is 0 Å². The number of amides is 1. The molecule has 1 aliphatic rings. The molecular weight excluding hydrogens is 983 g/mol. The molecule has 9 heteroatoms. The second kappa shape index (κ2) is 58.3. The molecule has 0 aliphatic carbocycles. The van der Waals surface area contributed by atoms with Crippen LogP contribution in [0.5, 0.6) is 0 Å². The predicted molar refractivity (Wildman–Crippen MR) is 336 cm³/mol. The Balaban J connectivity index is 2.09. The van der Waals surface area contributed by atoms with Crippen LogP contribution in [0.2, 0.25) is 0 Å². The van der Waals surface area contributed by atoms with Crippen molar-refractivity contribution in [1.29, 1.82) is 0 Å². The van der Waals surface area contributed by atoms with Crippen LogP contribution in [0.1, 0.15) is 284 Å². The first-order valence-corrected chi connectivity index (χ1v) is 33.0. The maximum absolute atomic E-state index is 13.1. The van der Waals surface area contributed by atoms with E-state index in [0.717, 1.165) is 77.0 Å². The summed E-state index contributed by atoms with van der Waals surface area (Å²) in [5.41, 5.74) is 0. The van der Waals surface area contributed by atoms with Crippen molar-refractivity contribution in [1.82, 2.24) is 5.32 Å². The normalized spacial score (nSPS) is 19.2. The Morgan fingerprint density at radius 1 is 0.443 bits per heavy atom. The highest BCUT2D eigenvalue weighted by atomic mass is 16.7. The lowest BCUT2D eigenvalue weighted by Gasteiger charge is -2.40. The molecule has 7 unspecified atom stereocenters. The third kappa shape index (κ3) is 47.3. The van der Waals surface area contributed by atoms with Crippen LogP contribution >= 0.6 is 0 Å². The van der Waals surface area contributed by atoms with Crippen molar-refractivity contribution in [2.45, 2.75) is 326 Å². The van der Waals surface area contributed by atoms with Gasteiger partial charge in [0.1, 0.15) is 24.4 Å². The Morgan fingerprint density at radius 3 is 1.22 bits per heavy atom. The summed E-state index contributed by atoms with van der Waals surface area (Å²) in [4.78, 5) is 13.1. The minimum atomic E-state index is -1.57. The van der Waals surface area contributed by atoms with E-state index in [4.69, 9.17) is 9.47 Å². The van der Waals surface area contributed by atoms with Crippen LogP contribution < -0.4 is 5.32 Å². The van der Waals surface area contributed by atoms with Crippen LogP contribution in [-0.2, 0) is 14.3 Å². The summed E-state index contributed by atoms with van der Waals surface area (Å²) in [6.45, 7) is 3.66. The van der Waals surface area contributed by atoms with Crippen molar-refractivity contribution >= 4 is 5.91 Å². The van der Waals surface area contributed by atoms with Gasteiger partial charge >= 0.3 is 0 Å². The van der Waals surface area contributed by atoms with Crippen LogP contribution in [0.25, 0.3) is 0 Å². The molecule has 456 valence electrons. The third-order valence-corrected chi connectivity index (χ3v) is 15.1. The molecule has 0 aromatic carbocycles. The predicted octanol–water partition coefficient (Wildman–Crippen LogP) is 17.5. The van der Waals surface area contributed by atoms with Crippen LogP contribution in [0.15, 0.2) is 97.2 Å². The lowest BCUT2D eigenvalue weighted by molar-refractivity contribution is -0.302. The van der Waals surface area contributed by atoms with Gasteiger partial charge in [0, 0.05) is 6.42 Å². The Hall–Kier alpha value is -2.89. The minimum Gasteiger partial charge on any atom is -0.394 e. The molecule has 1 heterocycles. The molecule has 0 saturated carbocycles. The number of unbranched alkanes of at least 4 members (excludes halogenated alkanes) is 32. The molecule has 1 saturated heterocycles. The summed E-state index contributed by atoms with van der Waals surface area (Å²) in [6.07, 6.45) is 77.9. The van der Waals surface area contributed by atoms with Gasteiger partial charge in [-0.15, -0.1) is 0 Å². The Bertz CT molecular complexity index is 1560. The average Bonchev–Trinajstić information content (AvgIpc) is 3.48. The van der Waals surface area contributed by atoms with Crippen LogP contribution in [0.3, 0.4) is 0 Å². The first-order valence-electron chi connectivity index (χ1n) is 33.0. The molecule has 1 fully saturated rings. The second-order valence-electron chi connectivity index (χ2n) is 22.5. The lowest BCUT2D eigenvalue weighted by Crippen LogP contribution is -2.60. The number of aliphatic hydroxyl groups is 5. The number of carbonyl (C=O) groups is 1. The highest BCUT2D eigenvalue weighted by Gasteiger charge is 2.44. The van der Waals surface area contributed by atoms with Gasteiger partial charge in [0.05, 0.1) is 25.4 Å². The average molecular weight is 1110 g/mol. The van der Waals surface area contributed by atoms with Crippen molar-refractivity contribution in [3.05, 3.63) is 97.2 Å². The molecular formula is C70H123NO8. The van der Waals surface area contributed by atoms with Crippen molar-refractivity contribution < 1.29 is 39.8 Å². The van der Waals surface area contributed by atoms with E-state index in [1.165, 1.54) is 186 Å². The standard InChI is InChI=1S/C70H123NO8/c1-3-5-7-9-11-13-15-17-19-21-22-23-24-25-26-27-28-29-30-31-32-33-34-35-36-37-38-39-40-41-42-44-46-48-50-52-54-56-58-60-66(74)71-63(62-78-70-69(77)68(76)67(75)65(61-72)79-70)64(73)59-57-55-53-51-49-47-45-43-20-18-16-14-12-10-8-6-4-2/h5,7,11,13,17,19,22-23,25-26,28-29,49,51,57,59,63-65,67-70,72-73,75-77H,3-4,6,8-10,12,14-16,18,20-21,24,27,30-48,50,52-56,58,60-62H2,1-2H3,(H,71,74)/b7-5-,13-11-,19-17-,23-22-,26-25-,29-28-,51-49+,59-57+. The molecule has 1 rings (SSSR count). The van der Waals surface area contributed by atoms with Gasteiger partial charge < -0.3 is 40.3 Å². The fourth-order valence-corrected chi connectivity index (χ4v) is 10.0. The molecule has 0 bridgehead atoms. The molecule has 79 heavy (non-hydrogen) atoms. The van der Waals surface area contributed by atoms with Crippen molar-refractivity contribution in [3.8, 4) is 0 Å². The van der Waals surface area contributed by atoms with Crippen molar-refractivity contribution in [2.24, 2.45) is 0 Å². The lowest BCUT2D eigenvalue weighted by atomic mass is 9.99. The van der Waals surface area contributed by atoms with Gasteiger partial charge in [-0.05, 0) is 83.5 Å². The zero-order valence-electron chi connectivity index (χ0n) is 50.9. The Morgan fingerprint density at radius 2 is 0.797 bits per heavy atom. The highest BCUT2D eigenvalue weighted by Crippen LogP contribution is 2.23. The summed E-state index contributed by atoms with van der Waals surface area (Å²) < 4.78 is 11.3. The van der Waals surface area contributed by atoms with E-state index >= 15 is 0 Å². The maximum Gasteiger partial charge on any atom is 0.220 e. The van der Waals surface area contributed by atoms with E-state index in [0.29, 0.717) is 6.42 Å². The fraction of sp³-hybridized carbons (Fsp3) is 0.757. The van der Waals surface area contributed by atoms with Gasteiger partial charge in [0.2, 0.25) is 5.91 Å². The highest BCUT2D eigenvalue weighted by molar-refractivity contribution is 5.76. The fourth-order valence-electron chi connectivity index (χ4n) is 10.0. The summed E-state index contributed by atoms with van der Waals surface area (Å²) in [5, 5.41) is 54.6. The number of ether oxygens (including phenoxy) is 2. The zero-order valence-corrected chi connectivity index (χ0v) is 50.9. The van der Waals surface area contributed by atoms with E-state index in [2.05, 4.69) is 104 Å². The molecule has 0 aromatic rings. The number of aliphatic hydroxyl groups excluding tert-OH is 5. The number of rotatable bonds is 56. The monoisotopic (exact) mass is 1110 g/mol. The van der Waals surface area contributed by atoms with E-state index in [-0.39, 0.29) is 12.5 Å². The molecule has 9 nitrogen and oxygen atoms in total. The van der Waals surface area contributed by atoms with Gasteiger partial charge in [0.15, 0.2) is 6.29 Å². The maximum atomic E-state index is 13.1. The quantitative estimate of drug-likeness (QED) is 0.0261. The van der Waals surface area contributed by atoms with Gasteiger partial charge in [-0.25, -0.2) is 0 Å². The minimum absolute atomic E-state index is 0.185. The van der Waals surface area contributed by atoms with E-state index in [1.807, 2.05) is 6.08 Å². The van der Waals surface area contributed by atoms with Crippen molar-refractivity contribution in [3.63, 3.8) is 0 Å². The Kier molecular flexibility index (Phi) is 54.7. The van der Waals surface area contributed by atoms with Gasteiger partial charge in [0.25, 0.3) is 0 Å². The van der Waals surface area contributed by atoms with Crippen LogP contribution in [-0.4, -0.2) is 87.5 Å². The molecule has 6 N–H and O–H groups in total. The topological polar surface area (TPSA) is 149 Å². The number of hydrogen-bond acceptors (Lipinski definition) is 8. The van der Waals surface area contributed by atoms with Crippen molar-refractivity contribution in [2.75, 3.05) is 13.2 Å². The third-order valence-electron chi connectivity index (χ3n) is 15.1. The molecule has 1 aliphatic heterocycles. The molecule has 0 spiro atoms. The first-order chi connectivity index (χ1) is 38.8. The smallest absolute Gasteiger partial charge is 0.220 e. The number of hydrogen-bond donors (Lipinski definition) is 6. The van der Waals surface area contributed by atoms with E-state index in [1.54, 1.807) is 6.08 Å². The second-order valence-corrected chi connectivity index (χ2v) is 22.5. The van der Waals surface area contributed by atoms with Gasteiger partial charge in [-0.3, -0.25) is 4.79 Å². The molecule has 0 aromatic heterocycles. The Labute approximate surface area is 485 Å². The zero-order chi connectivity index (χ0) is 57.2. The molecule has 1 amide bonds. The van der Waals surface area contributed by atoms with Crippen LogP contribution in [0.4, 0.5) is 0 Å². The summed E-state index contributed by atoms with van der Waals surface area (Å²) in [5.74, 6) is -0.185. The van der Waals surface area contributed by atoms with E-state index in [9.17, 15) is 30.3 Å². The first kappa shape index (κ1) is 74.1. The number of nitrogens with one attached hydrogen (secondary N) is 1. The number of carbonyl (C=O) groups excluding carboxylic acids is 1. The SMILES string of the molecule is CC/C=C\C/C=C\C/C=C\C/C=C\C/C=C\C/C=C\CCCCCCCCCCCCCCCCCCCCCCC(=O)NC(COC1OC(CO)C(O)C(O)C1O)C(O)/C=C/CC/C=C/CCCCCCCCCCCCC. The molecule has 0 radical (unpaired) electrons. The molecule has 7 atom stereocenters. The summed E-state index contributed by atoms with van der Waals surface area (Å²) >= 11 is 0. The van der Waals surface area contributed by atoms with Gasteiger partial charge in [-0.2, -0.15) is 0 Å². The largest absolute Gasteiger partial charge is 0.394 e. The summed E-state index contributed by atoms with van der Waals surface area (Å²) in [6, 6.07) is -0.825. The van der Waals surface area contributed by atoms with E-state index < -0.39 is 49.5 Å².